The highest BCUT2D eigenvalue weighted by Crippen LogP contribution is 2.39. The Morgan fingerprint density at radius 3 is 2.57 bits per heavy atom. The van der Waals surface area contributed by atoms with Crippen LogP contribution in [0.2, 0.25) is 0 Å². The molecule has 2 heterocycles. The molecular formula is C20H24N4O6. The van der Waals surface area contributed by atoms with Gasteiger partial charge < -0.3 is 14.6 Å². The van der Waals surface area contributed by atoms with Crippen LogP contribution in [-0.4, -0.2) is 58.8 Å². The number of anilines is 2. The number of amides is 2. The van der Waals surface area contributed by atoms with Crippen molar-refractivity contribution in [1.29, 1.82) is 0 Å². The van der Waals surface area contributed by atoms with Crippen molar-refractivity contribution in [2.45, 2.75) is 39.5 Å². The summed E-state index contributed by atoms with van der Waals surface area (Å²) in [6, 6.07) is 4.93. The zero-order valence-electron chi connectivity index (χ0n) is 17.2. The molecule has 1 aliphatic heterocycles. The summed E-state index contributed by atoms with van der Waals surface area (Å²) in [4.78, 5) is 39.0. The Bertz CT molecular complexity index is 970. The molecular weight excluding hydrogens is 392 g/mol. The van der Waals surface area contributed by atoms with Crippen LogP contribution in [0.4, 0.5) is 21.0 Å². The van der Waals surface area contributed by atoms with E-state index in [4.69, 9.17) is 14.6 Å². The van der Waals surface area contributed by atoms with Crippen LogP contribution in [0.5, 0.6) is 0 Å². The largest absolute Gasteiger partial charge is 0.480 e. The molecule has 0 aliphatic carbocycles. The quantitative estimate of drug-likeness (QED) is 0.815. The number of carboxylic acid groups (broad SMARTS) is 1. The average Bonchev–Trinajstić information content (AvgIpc) is 3.13. The third-order valence-corrected chi connectivity index (χ3v) is 4.61. The van der Waals surface area contributed by atoms with Crippen molar-refractivity contribution < 1.29 is 29.0 Å². The lowest BCUT2D eigenvalue weighted by Crippen LogP contribution is -2.52. The molecule has 0 fully saturated rings. The molecule has 1 aromatic heterocycles. The molecule has 10 heteroatoms. The Labute approximate surface area is 173 Å². The van der Waals surface area contributed by atoms with E-state index in [0.29, 0.717) is 22.5 Å². The molecule has 2 aromatic rings. The highest BCUT2D eigenvalue weighted by molar-refractivity contribution is 6.01. The number of hydrogen-bond donors (Lipinski definition) is 1. The number of aliphatic carboxylic acids is 1. The van der Waals surface area contributed by atoms with Crippen LogP contribution >= 0.6 is 0 Å². The number of fused-ring (bicyclic) bond motifs is 1. The van der Waals surface area contributed by atoms with Crippen molar-refractivity contribution in [2.24, 2.45) is 0 Å². The number of rotatable bonds is 4. The molecule has 0 unspecified atom stereocenters. The molecule has 10 nitrogen and oxygen atoms in total. The van der Waals surface area contributed by atoms with Crippen LogP contribution in [0.3, 0.4) is 0 Å². The van der Waals surface area contributed by atoms with Crippen LogP contribution in [0.25, 0.3) is 11.1 Å². The summed E-state index contributed by atoms with van der Waals surface area (Å²) in [5, 5.41) is 13.0. The van der Waals surface area contributed by atoms with Gasteiger partial charge in [0.1, 0.15) is 6.54 Å². The van der Waals surface area contributed by atoms with Crippen molar-refractivity contribution in [3.05, 3.63) is 30.6 Å². The number of carbonyl (C=O) groups is 3. The summed E-state index contributed by atoms with van der Waals surface area (Å²) in [5.74, 6) is -1.000. The average molecular weight is 416 g/mol. The van der Waals surface area contributed by atoms with Crippen LogP contribution in [0.15, 0.2) is 30.6 Å². The first-order chi connectivity index (χ1) is 14.2. The van der Waals surface area contributed by atoms with Gasteiger partial charge in [-0.25, -0.2) is 9.59 Å². The van der Waals surface area contributed by atoms with Gasteiger partial charge in [0, 0.05) is 11.8 Å². The number of hydrogen-bond acceptors (Lipinski definition) is 6. The van der Waals surface area contributed by atoms with Gasteiger partial charge in [-0.2, -0.15) is 5.10 Å². The van der Waals surface area contributed by atoms with E-state index in [2.05, 4.69) is 5.10 Å². The molecule has 1 aliphatic rings. The summed E-state index contributed by atoms with van der Waals surface area (Å²) in [5.41, 5.74) is 2.40. The fourth-order valence-electron chi connectivity index (χ4n) is 3.36. The number of ether oxygens (including phenoxy) is 2. The standard InChI is InChI=1S/C20H24N4O6/c1-12(2)30-19(27)23-9-13(3)24(20(28)29-4)16-6-5-14(7-17(16)23)15-8-21-22(10-15)11-18(25)26/h5-8,10,12-13H,9,11H2,1-4H3,(H,25,26)/t13-/m0/s1. The molecule has 0 bridgehead atoms. The fraction of sp³-hybridized carbons (Fsp3) is 0.400. The van der Waals surface area contributed by atoms with Crippen molar-refractivity contribution in [1.82, 2.24) is 9.78 Å². The number of benzene rings is 1. The lowest BCUT2D eigenvalue weighted by molar-refractivity contribution is -0.137. The first-order valence-corrected chi connectivity index (χ1v) is 9.45. The van der Waals surface area contributed by atoms with Gasteiger partial charge in [-0.3, -0.25) is 19.3 Å². The zero-order chi connectivity index (χ0) is 22.0. The zero-order valence-corrected chi connectivity index (χ0v) is 17.2. The van der Waals surface area contributed by atoms with E-state index in [0.717, 1.165) is 0 Å². The van der Waals surface area contributed by atoms with Gasteiger partial charge in [-0.05, 0) is 38.5 Å². The normalized spacial score (nSPS) is 15.7. The number of carboxylic acids is 1. The molecule has 0 spiro atoms. The van der Waals surface area contributed by atoms with E-state index < -0.39 is 18.2 Å². The van der Waals surface area contributed by atoms with Crippen LogP contribution in [-0.2, 0) is 20.8 Å². The molecule has 2 amide bonds. The summed E-state index contributed by atoms with van der Waals surface area (Å²) in [6.07, 6.45) is 1.82. The summed E-state index contributed by atoms with van der Waals surface area (Å²) < 4.78 is 11.6. The van der Waals surface area contributed by atoms with Gasteiger partial charge in [0.15, 0.2) is 0 Å². The maximum Gasteiger partial charge on any atom is 0.414 e. The molecule has 0 saturated heterocycles. The smallest absolute Gasteiger partial charge is 0.414 e. The number of carbonyl (C=O) groups excluding carboxylic acids is 2. The Hall–Kier alpha value is -3.56. The second kappa shape index (κ2) is 8.44. The fourth-order valence-corrected chi connectivity index (χ4v) is 3.36. The van der Waals surface area contributed by atoms with E-state index in [1.54, 1.807) is 44.4 Å². The van der Waals surface area contributed by atoms with E-state index >= 15 is 0 Å². The third kappa shape index (κ3) is 4.22. The molecule has 1 N–H and O–H groups in total. The lowest BCUT2D eigenvalue weighted by Gasteiger charge is -2.40. The maximum absolute atomic E-state index is 12.7. The molecule has 30 heavy (non-hydrogen) atoms. The Kier molecular flexibility index (Phi) is 5.95. The van der Waals surface area contributed by atoms with E-state index in [1.165, 1.54) is 21.6 Å². The predicted molar refractivity (Wildman–Crippen MR) is 109 cm³/mol. The lowest BCUT2D eigenvalue weighted by atomic mass is 10.0. The van der Waals surface area contributed by atoms with E-state index in [9.17, 15) is 14.4 Å². The van der Waals surface area contributed by atoms with E-state index in [-0.39, 0.29) is 25.2 Å². The van der Waals surface area contributed by atoms with Gasteiger partial charge in [0.25, 0.3) is 0 Å². The number of aromatic nitrogens is 2. The van der Waals surface area contributed by atoms with Gasteiger partial charge in [-0.1, -0.05) is 6.07 Å². The SMILES string of the molecule is COC(=O)N1c2ccc(-c3cnn(CC(=O)O)c3)cc2N(C(=O)OC(C)C)C[C@@H]1C. The van der Waals surface area contributed by atoms with Crippen molar-refractivity contribution >= 4 is 29.5 Å². The number of methoxy groups -OCH3 is 1. The van der Waals surface area contributed by atoms with Crippen molar-refractivity contribution in [3.63, 3.8) is 0 Å². The van der Waals surface area contributed by atoms with Crippen LogP contribution in [0.1, 0.15) is 20.8 Å². The first kappa shape index (κ1) is 21.2. The minimum absolute atomic E-state index is 0.232. The Morgan fingerprint density at radius 1 is 1.20 bits per heavy atom. The molecule has 1 aromatic carbocycles. The van der Waals surface area contributed by atoms with Crippen LogP contribution < -0.4 is 9.80 Å². The van der Waals surface area contributed by atoms with Crippen LogP contribution in [0, 0.1) is 0 Å². The monoisotopic (exact) mass is 416 g/mol. The van der Waals surface area contributed by atoms with Gasteiger partial charge in [0.05, 0.1) is 43.4 Å². The topological polar surface area (TPSA) is 114 Å². The second-order valence-electron chi connectivity index (χ2n) is 7.26. The minimum atomic E-state index is -1.000. The molecule has 1 atom stereocenters. The molecule has 160 valence electrons. The minimum Gasteiger partial charge on any atom is -0.480 e. The summed E-state index contributed by atoms with van der Waals surface area (Å²) in [7, 11) is 1.30. The predicted octanol–water partition coefficient (Wildman–Crippen LogP) is 2.96. The van der Waals surface area contributed by atoms with Crippen molar-refractivity contribution in [2.75, 3.05) is 23.5 Å². The van der Waals surface area contributed by atoms with Gasteiger partial charge in [-0.15, -0.1) is 0 Å². The molecule has 3 rings (SSSR count). The Balaban J connectivity index is 2.05. The molecule has 0 radical (unpaired) electrons. The summed E-state index contributed by atoms with van der Waals surface area (Å²) in [6.45, 7) is 5.32. The third-order valence-electron chi connectivity index (χ3n) is 4.61. The van der Waals surface area contributed by atoms with Gasteiger partial charge >= 0.3 is 18.2 Å². The first-order valence-electron chi connectivity index (χ1n) is 9.45. The Morgan fingerprint density at radius 2 is 1.93 bits per heavy atom. The highest BCUT2D eigenvalue weighted by atomic mass is 16.6. The highest BCUT2D eigenvalue weighted by Gasteiger charge is 2.36. The van der Waals surface area contributed by atoms with Gasteiger partial charge in [0.2, 0.25) is 0 Å². The second-order valence-corrected chi connectivity index (χ2v) is 7.26. The summed E-state index contributed by atoms with van der Waals surface area (Å²) >= 11 is 0. The molecule has 0 saturated carbocycles. The van der Waals surface area contributed by atoms with Crippen molar-refractivity contribution in [3.8, 4) is 11.1 Å². The maximum atomic E-state index is 12.7. The number of nitrogens with zero attached hydrogens (tertiary/aromatic N) is 4. The van der Waals surface area contributed by atoms with E-state index in [1.807, 2.05) is 6.92 Å².